The van der Waals surface area contributed by atoms with Crippen molar-refractivity contribution in [2.24, 2.45) is 0 Å². The fourth-order valence-electron chi connectivity index (χ4n) is 3.25. The number of carbonyl (C=O) groups excluding carboxylic acids is 1. The number of sulfone groups is 1. The van der Waals surface area contributed by atoms with Gasteiger partial charge in [0.1, 0.15) is 0 Å². The highest BCUT2D eigenvalue weighted by Gasteiger charge is 2.34. The molecule has 0 spiro atoms. The molecule has 0 bridgehead atoms. The number of morpholine rings is 1. The normalized spacial score (nSPS) is 15.1. The molecule has 0 unspecified atom stereocenters. The standard InChI is InChI=1S/C20H21F3N2O4S/c1-30(27,28)18-5-3-2-4-16(18)19(26)24-13-14-6-7-15(12-17(14)20(21,22)23)25-8-10-29-11-9-25/h2-7,12H,8-11,13H2,1H3,(H,24,26). The predicted octanol–water partition coefficient (Wildman–Crippen LogP) is 2.88. The number of nitrogens with zero attached hydrogens (tertiary/aromatic N) is 1. The van der Waals surface area contributed by atoms with E-state index in [0.717, 1.165) is 12.3 Å². The first kappa shape index (κ1) is 22.1. The molecule has 162 valence electrons. The second-order valence-corrected chi connectivity index (χ2v) is 8.87. The van der Waals surface area contributed by atoms with Crippen molar-refractivity contribution in [2.75, 3.05) is 37.5 Å². The van der Waals surface area contributed by atoms with Crippen molar-refractivity contribution in [1.29, 1.82) is 0 Å². The highest BCUT2D eigenvalue weighted by atomic mass is 32.2. The molecule has 0 saturated carbocycles. The third-order valence-electron chi connectivity index (χ3n) is 4.75. The Morgan fingerprint density at radius 1 is 1.13 bits per heavy atom. The van der Waals surface area contributed by atoms with Crippen molar-refractivity contribution < 1.29 is 31.1 Å². The van der Waals surface area contributed by atoms with E-state index < -0.39 is 34.0 Å². The number of hydrogen-bond acceptors (Lipinski definition) is 5. The number of benzene rings is 2. The number of ether oxygens (including phenoxy) is 1. The molecule has 0 aliphatic carbocycles. The van der Waals surface area contributed by atoms with Gasteiger partial charge in [0, 0.05) is 31.6 Å². The molecule has 1 aliphatic heterocycles. The van der Waals surface area contributed by atoms with Crippen LogP contribution in [-0.4, -0.2) is 46.9 Å². The summed E-state index contributed by atoms with van der Waals surface area (Å²) in [5, 5.41) is 2.40. The molecule has 1 amide bonds. The average molecular weight is 442 g/mol. The van der Waals surface area contributed by atoms with Crippen molar-refractivity contribution in [2.45, 2.75) is 17.6 Å². The predicted molar refractivity (Wildman–Crippen MR) is 105 cm³/mol. The Bertz CT molecular complexity index is 1030. The summed E-state index contributed by atoms with van der Waals surface area (Å²) < 4.78 is 69.8. The highest BCUT2D eigenvalue weighted by Crippen LogP contribution is 2.35. The Morgan fingerprint density at radius 3 is 2.43 bits per heavy atom. The van der Waals surface area contributed by atoms with Crippen molar-refractivity contribution in [3.8, 4) is 0 Å². The maximum atomic E-state index is 13.6. The van der Waals surface area contributed by atoms with Gasteiger partial charge >= 0.3 is 6.18 Å². The summed E-state index contributed by atoms with van der Waals surface area (Å²) in [7, 11) is -3.67. The number of rotatable bonds is 5. The number of halogens is 3. The van der Waals surface area contributed by atoms with Gasteiger partial charge in [0.25, 0.3) is 5.91 Å². The lowest BCUT2D eigenvalue weighted by atomic mass is 10.0. The zero-order valence-electron chi connectivity index (χ0n) is 16.2. The number of anilines is 1. The van der Waals surface area contributed by atoms with Gasteiger partial charge in [-0.25, -0.2) is 8.42 Å². The van der Waals surface area contributed by atoms with Crippen molar-refractivity contribution in [3.05, 3.63) is 59.2 Å². The van der Waals surface area contributed by atoms with E-state index >= 15 is 0 Å². The molecule has 1 saturated heterocycles. The molecule has 1 N–H and O–H groups in total. The lowest BCUT2D eigenvalue weighted by molar-refractivity contribution is -0.138. The zero-order valence-corrected chi connectivity index (χ0v) is 17.0. The Hall–Kier alpha value is -2.59. The van der Waals surface area contributed by atoms with E-state index in [1.165, 1.54) is 30.3 Å². The minimum absolute atomic E-state index is 0.107. The molecule has 1 heterocycles. The molecule has 2 aromatic rings. The lowest BCUT2D eigenvalue weighted by Gasteiger charge is -2.29. The minimum atomic E-state index is -4.60. The van der Waals surface area contributed by atoms with Crippen LogP contribution in [0.4, 0.5) is 18.9 Å². The highest BCUT2D eigenvalue weighted by molar-refractivity contribution is 7.90. The van der Waals surface area contributed by atoms with Crippen LogP contribution in [0.3, 0.4) is 0 Å². The number of hydrogen-bond donors (Lipinski definition) is 1. The van der Waals surface area contributed by atoms with Gasteiger partial charge in [-0.05, 0) is 29.8 Å². The molecule has 10 heteroatoms. The van der Waals surface area contributed by atoms with Gasteiger partial charge in [0.05, 0.1) is 29.2 Å². The first-order valence-corrected chi connectivity index (χ1v) is 11.1. The number of amides is 1. The van der Waals surface area contributed by atoms with Crippen LogP contribution in [0.5, 0.6) is 0 Å². The molecule has 3 rings (SSSR count). The maximum absolute atomic E-state index is 13.6. The molecule has 0 atom stereocenters. The van der Waals surface area contributed by atoms with Crippen molar-refractivity contribution in [3.63, 3.8) is 0 Å². The summed E-state index contributed by atoms with van der Waals surface area (Å²) >= 11 is 0. The topological polar surface area (TPSA) is 75.7 Å². The van der Waals surface area contributed by atoms with E-state index in [1.807, 2.05) is 4.90 Å². The molecular weight excluding hydrogens is 421 g/mol. The van der Waals surface area contributed by atoms with Crippen LogP contribution in [0.2, 0.25) is 0 Å². The molecule has 2 aromatic carbocycles. The Labute approximate surface area is 172 Å². The van der Waals surface area contributed by atoms with Crippen LogP contribution >= 0.6 is 0 Å². The SMILES string of the molecule is CS(=O)(=O)c1ccccc1C(=O)NCc1ccc(N2CCOCC2)cc1C(F)(F)F. The summed E-state index contributed by atoms with van der Waals surface area (Å²) in [5.74, 6) is -0.763. The molecule has 30 heavy (non-hydrogen) atoms. The zero-order chi connectivity index (χ0) is 21.9. The second-order valence-electron chi connectivity index (χ2n) is 6.89. The largest absolute Gasteiger partial charge is 0.416 e. The van der Waals surface area contributed by atoms with E-state index in [9.17, 15) is 26.4 Å². The summed E-state index contributed by atoms with van der Waals surface area (Å²) in [6.07, 6.45) is -3.64. The van der Waals surface area contributed by atoms with Crippen LogP contribution in [0.25, 0.3) is 0 Å². The smallest absolute Gasteiger partial charge is 0.378 e. The van der Waals surface area contributed by atoms with Gasteiger partial charge < -0.3 is 15.0 Å². The first-order valence-electron chi connectivity index (χ1n) is 9.17. The lowest BCUT2D eigenvalue weighted by Crippen LogP contribution is -2.36. The molecule has 1 fully saturated rings. The quantitative estimate of drug-likeness (QED) is 0.771. The molecule has 1 aliphatic rings. The summed E-state index contributed by atoms with van der Waals surface area (Å²) in [6, 6.07) is 9.53. The summed E-state index contributed by atoms with van der Waals surface area (Å²) in [4.78, 5) is 14.1. The van der Waals surface area contributed by atoms with Gasteiger partial charge in [-0.3, -0.25) is 4.79 Å². The van der Waals surface area contributed by atoms with Crippen LogP contribution in [0.1, 0.15) is 21.5 Å². The van der Waals surface area contributed by atoms with Crippen LogP contribution < -0.4 is 10.2 Å². The van der Waals surface area contributed by atoms with Gasteiger partial charge in [-0.1, -0.05) is 18.2 Å². The fourth-order valence-corrected chi connectivity index (χ4v) is 4.13. The maximum Gasteiger partial charge on any atom is 0.416 e. The van der Waals surface area contributed by atoms with Crippen LogP contribution in [0.15, 0.2) is 47.4 Å². The average Bonchev–Trinajstić information content (AvgIpc) is 2.71. The van der Waals surface area contributed by atoms with Gasteiger partial charge in [-0.15, -0.1) is 0 Å². The Morgan fingerprint density at radius 2 is 1.80 bits per heavy atom. The molecule has 0 radical (unpaired) electrons. The van der Waals surface area contributed by atoms with E-state index in [0.29, 0.717) is 32.0 Å². The monoisotopic (exact) mass is 442 g/mol. The van der Waals surface area contributed by atoms with Crippen LogP contribution in [-0.2, 0) is 27.3 Å². The van der Waals surface area contributed by atoms with Gasteiger partial charge in [-0.2, -0.15) is 13.2 Å². The summed E-state index contributed by atoms with van der Waals surface area (Å²) in [6.45, 7) is 1.48. The molecule has 6 nitrogen and oxygen atoms in total. The van der Waals surface area contributed by atoms with E-state index in [4.69, 9.17) is 4.74 Å². The third-order valence-corrected chi connectivity index (χ3v) is 5.90. The fraction of sp³-hybridized carbons (Fsp3) is 0.350. The molecule has 0 aromatic heterocycles. The number of alkyl halides is 3. The van der Waals surface area contributed by atoms with Gasteiger partial charge in [0.2, 0.25) is 0 Å². The van der Waals surface area contributed by atoms with E-state index in [2.05, 4.69) is 5.32 Å². The van der Waals surface area contributed by atoms with Crippen molar-refractivity contribution in [1.82, 2.24) is 5.32 Å². The van der Waals surface area contributed by atoms with E-state index in [-0.39, 0.29) is 16.0 Å². The number of nitrogens with one attached hydrogen (secondary N) is 1. The van der Waals surface area contributed by atoms with Crippen LogP contribution in [0, 0.1) is 0 Å². The second kappa shape index (κ2) is 8.65. The molecular formula is C20H21F3N2O4S. The minimum Gasteiger partial charge on any atom is -0.378 e. The Kier molecular flexibility index (Phi) is 6.37. The first-order chi connectivity index (χ1) is 14.1. The van der Waals surface area contributed by atoms with Crippen molar-refractivity contribution >= 4 is 21.4 Å². The summed E-state index contributed by atoms with van der Waals surface area (Å²) in [5.41, 5.74) is -0.630. The third kappa shape index (κ3) is 5.11. The number of carbonyl (C=O) groups is 1. The van der Waals surface area contributed by atoms with E-state index in [1.54, 1.807) is 6.07 Å². The van der Waals surface area contributed by atoms with Gasteiger partial charge in [0.15, 0.2) is 9.84 Å². The Balaban J connectivity index is 1.84.